The van der Waals surface area contributed by atoms with Crippen LogP contribution in [0.5, 0.6) is 0 Å². The Bertz CT molecular complexity index is 1520. The Kier molecular flexibility index (Phi) is 5.40. The number of hydrogen-bond acceptors (Lipinski definition) is 5. The highest BCUT2D eigenvalue weighted by Crippen LogP contribution is 2.24. The van der Waals surface area contributed by atoms with Crippen molar-refractivity contribution >= 4 is 32.4 Å². The number of amides is 1. The van der Waals surface area contributed by atoms with E-state index in [-0.39, 0.29) is 21.4 Å². The van der Waals surface area contributed by atoms with E-state index in [0.717, 1.165) is 41.5 Å². The van der Waals surface area contributed by atoms with Crippen molar-refractivity contribution in [1.29, 1.82) is 0 Å². The highest BCUT2D eigenvalue weighted by atomic mass is 32.2. The van der Waals surface area contributed by atoms with Crippen LogP contribution in [0.15, 0.2) is 85.7 Å². The fourth-order valence-electron chi connectivity index (χ4n) is 3.20. The van der Waals surface area contributed by atoms with Gasteiger partial charge in [0.1, 0.15) is 11.4 Å². The summed E-state index contributed by atoms with van der Waals surface area (Å²) in [7, 11) is -4.24. The topological polar surface area (TPSA) is 93.4 Å². The number of carbonyl (C=O) groups is 1. The van der Waals surface area contributed by atoms with Gasteiger partial charge in [-0.25, -0.2) is 17.6 Å². The zero-order valence-corrected chi connectivity index (χ0v) is 18.0. The van der Waals surface area contributed by atoms with Gasteiger partial charge in [0.25, 0.3) is 5.91 Å². The summed E-state index contributed by atoms with van der Waals surface area (Å²) in [4.78, 5) is 24.2. The van der Waals surface area contributed by atoms with Gasteiger partial charge in [-0.05, 0) is 85.6 Å². The number of nitrogens with one attached hydrogen (secondary N) is 1. The molecule has 3 aromatic carbocycles. The maximum atomic E-state index is 13.2. The zero-order valence-electron chi connectivity index (χ0n) is 17.2. The third-order valence-corrected chi connectivity index (χ3v) is 6.90. The monoisotopic (exact) mass is 451 g/mol. The SMILES string of the molecule is Cc1ccc(NC(=O)c2ccc3oc(=O)c(S(=O)(=O)c4ccc(F)cc4)cc3c2)cc1C. The lowest BCUT2D eigenvalue weighted by molar-refractivity contribution is 0.102. The van der Waals surface area contributed by atoms with Crippen LogP contribution >= 0.6 is 0 Å². The lowest BCUT2D eigenvalue weighted by Gasteiger charge is -2.09. The third kappa shape index (κ3) is 4.04. The molecule has 0 aliphatic heterocycles. The second-order valence-electron chi connectivity index (χ2n) is 7.36. The summed E-state index contributed by atoms with van der Waals surface area (Å²) in [6.07, 6.45) is 0. The van der Waals surface area contributed by atoms with Crippen molar-refractivity contribution in [2.45, 2.75) is 23.6 Å². The molecule has 0 radical (unpaired) electrons. The quantitative estimate of drug-likeness (QED) is 0.361. The van der Waals surface area contributed by atoms with Gasteiger partial charge in [-0.1, -0.05) is 6.07 Å². The molecular formula is C24H18FNO5S. The molecule has 0 atom stereocenters. The van der Waals surface area contributed by atoms with E-state index >= 15 is 0 Å². The number of aryl methyl sites for hydroxylation is 2. The van der Waals surface area contributed by atoms with Crippen LogP contribution in [-0.4, -0.2) is 14.3 Å². The maximum Gasteiger partial charge on any atom is 0.355 e. The van der Waals surface area contributed by atoms with Crippen LogP contribution in [0.1, 0.15) is 21.5 Å². The lowest BCUT2D eigenvalue weighted by atomic mass is 10.1. The summed E-state index contributed by atoms with van der Waals surface area (Å²) in [6.45, 7) is 3.90. The summed E-state index contributed by atoms with van der Waals surface area (Å²) in [6, 6.07) is 15.2. The van der Waals surface area contributed by atoms with Gasteiger partial charge in [-0.2, -0.15) is 0 Å². The van der Waals surface area contributed by atoms with Crippen LogP contribution in [-0.2, 0) is 9.84 Å². The first-order valence-electron chi connectivity index (χ1n) is 9.62. The molecule has 32 heavy (non-hydrogen) atoms. The van der Waals surface area contributed by atoms with Gasteiger partial charge in [0.15, 0.2) is 4.90 Å². The molecule has 0 saturated heterocycles. The van der Waals surface area contributed by atoms with E-state index in [1.807, 2.05) is 26.0 Å². The Balaban J connectivity index is 1.73. The van der Waals surface area contributed by atoms with Gasteiger partial charge in [0, 0.05) is 16.6 Å². The van der Waals surface area contributed by atoms with Crippen LogP contribution in [0.2, 0.25) is 0 Å². The minimum absolute atomic E-state index is 0.135. The fourth-order valence-corrected chi connectivity index (χ4v) is 4.49. The molecule has 1 N–H and O–H groups in total. The van der Waals surface area contributed by atoms with E-state index < -0.39 is 32.1 Å². The number of sulfone groups is 1. The van der Waals surface area contributed by atoms with Gasteiger partial charge in [0.05, 0.1) is 4.90 Å². The molecule has 0 spiro atoms. The molecule has 0 aliphatic carbocycles. The molecule has 0 bridgehead atoms. The largest absolute Gasteiger partial charge is 0.422 e. The Morgan fingerprint density at radius 3 is 2.31 bits per heavy atom. The van der Waals surface area contributed by atoms with Gasteiger partial charge >= 0.3 is 5.63 Å². The Morgan fingerprint density at radius 1 is 0.906 bits per heavy atom. The van der Waals surface area contributed by atoms with Crippen LogP contribution in [0.3, 0.4) is 0 Å². The minimum Gasteiger partial charge on any atom is -0.422 e. The molecule has 0 unspecified atom stereocenters. The molecule has 8 heteroatoms. The summed E-state index contributed by atoms with van der Waals surface area (Å²) in [5.74, 6) is -1.00. The highest BCUT2D eigenvalue weighted by molar-refractivity contribution is 7.91. The van der Waals surface area contributed by atoms with Crippen molar-refractivity contribution in [3.05, 3.63) is 99.7 Å². The molecule has 0 fully saturated rings. The van der Waals surface area contributed by atoms with E-state index in [4.69, 9.17) is 4.42 Å². The van der Waals surface area contributed by atoms with Crippen LogP contribution in [0.4, 0.5) is 10.1 Å². The molecule has 1 heterocycles. The number of hydrogen-bond donors (Lipinski definition) is 1. The van der Waals surface area contributed by atoms with E-state index in [1.54, 1.807) is 6.07 Å². The van der Waals surface area contributed by atoms with Gasteiger partial charge < -0.3 is 9.73 Å². The standard InChI is InChI=1S/C24H18FNO5S/c1-14-3-7-19(11-15(14)2)26-23(27)16-4-10-21-17(12-16)13-22(24(28)31-21)32(29,30)20-8-5-18(25)6-9-20/h3-13H,1-2H3,(H,26,27). The molecule has 6 nitrogen and oxygen atoms in total. The maximum absolute atomic E-state index is 13.2. The number of halogens is 1. The van der Waals surface area contributed by atoms with Crippen molar-refractivity contribution < 1.29 is 22.0 Å². The molecule has 1 amide bonds. The van der Waals surface area contributed by atoms with Crippen molar-refractivity contribution in [3.63, 3.8) is 0 Å². The van der Waals surface area contributed by atoms with Gasteiger partial charge in [0.2, 0.25) is 9.84 Å². The van der Waals surface area contributed by atoms with Crippen LogP contribution in [0.25, 0.3) is 11.0 Å². The van der Waals surface area contributed by atoms with Gasteiger partial charge in [-0.3, -0.25) is 4.79 Å². The molecule has 0 aliphatic rings. The predicted molar refractivity (Wildman–Crippen MR) is 118 cm³/mol. The number of anilines is 1. The zero-order chi connectivity index (χ0) is 23.0. The summed E-state index contributed by atoms with van der Waals surface area (Å²) < 4.78 is 44.1. The number of fused-ring (bicyclic) bond motifs is 1. The van der Waals surface area contributed by atoms with Crippen LogP contribution in [0, 0.1) is 19.7 Å². The van der Waals surface area contributed by atoms with Gasteiger partial charge in [-0.15, -0.1) is 0 Å². The molecule has 1 aromatic heterocycles. The summed E-state index contributed by atoms with van der Waals surface area (Å²) >= 11 is 0. The van der Waals surface area contributed by atoms with E-state index in [9.17, 15) is 22.4 Å². The first-order valence-corrected chi connectivity index (χ1v) is 11.1. The molecule has 162 valence electrons. The molecule has 0 saturated carbocycles. The number of benzene rings is 3. The predicted octanol–water partition coefficient (Wildman–Crippen LogP) is 4.63. The Hall–Kier alpha value is -3.78. The van der Waals surface area contributed by atoms with Crippen molar-refractivity contribution in [3.8, 4) is 0 Å². The summed E-state index contributed by atoms with van der Waals surface area (Å²) in [5.41, 5.74) is 2.09. The van der Waals surface area contributed by atoms with Crippen LogP contribution < -0.4 is 10.9 Å². The Labute approximate surface area is 183 Å². The number of carbonyl (C=O) groups excluding carboxylic acids is 1. The first-order chi connectivity index (χ1) is 15.1. The summed E-state index contributed by atoms with van der Waals surface area (Å²) in [5, 5.41) is 3.06. The first kappa shape index (κ1) is 21.5. The average Bonchev–Trinajstić information content (AvgIpc) is 2.75. The number of rotatable bonds is 4. The smallest absolute Gasteiger partial charge is 0.355 e. The highest BCUT2D eigenvalue weighted by Gasteiger charge is 2.23. The normalized spacial score (nSPS) is 11.5. The second kappa shape index (κ2) is 8.05. The van der Waals surface area contributed by atoms with Crippen molar-refractivity contribution in [1.82, 2.24) is 0 Å². The fraction of sp³-hybridized carbons (Fsp3) is 0.0833. The van der Waals surface area contributed by atoms with Crippen molar-refractivity contribution in [2.24, 2.45) is 0 Å². The van der Waals surface area contributed by atoms with E-state index in [1.165, 1.54) is 18.2 Å². The van der Waals surface area contributed by atoms with E-state index in [0.29, 0.717) is 5.69 Å². The molecule has 4 rings (SSSR count). The average molecular weight is 451 g/mol. The minimum atomic E-state index is -4.24. The lowest BCUT2D eigenvalue weighted by Crippen LogP contribution is -2.15. The van der Waals surface area contributed by atoms with E-state index in [2.05, 4.69) is 5.32 Å². The third-order valence-electron chi connectivity index (χ3n) is 5.14. The molecule has 4 aromatic rings. The Morgan fingerprint density at radius 2 is 1.62 bits per heavy atom. The molecular weight excluding hydrogens is 433 g/mol. The second-order valence-corrected chi connectivity index (χ2v) is 9.28. The van der Waals surface area contributed by atoms with Crippen molar-refractivity contribution in [2.75, 3.05) is 5.32 Å².